The van der Waals surface area contributed by atoms with Gasteiger partial charge >= 0.3 is 6.09 Å². The number of likely N-dealkylation sites (tertiary alicyclic amines) is 1. The molecular weight excluding hydrogens is 900 g/mol. The Morgan fingerprint density at radius 2 is 1.50 bits per heavy atom. The molecule has 0 unspecified atom stereocenters. The number of anilines is 1. The van der Waals surface area contributed by atoms with E-state index in [0.29, 0.717) is 44.7 Å². The van der Waals surface area contributed by atoms with Crippen molar-refractivity contribution < 1.29 is 52.8 Å². The largest absolute Gasteiger partial charge is 0.465 e. The number of ether oxygens (including phenoxy) is 4. The lowest BCUT2D eigenvalue weighted by atomic mass is 10.0. The Bertz CT molecular complexity index is 2350. The van der Waals surface area contributed by atoms with E-state index in [1.165, 1.54) is 11.6 Å². The number of carboxylic acid groups (broad SMARTS) is 1. The molecule has 3 aromatic heterocycles. The highest BCUT2D eigenvalue weighted by molar-refractivity contribution is 9.10. The van der Waals surface area contributed by atoms with Crippen molar-refractivity contribution >= 4 is 68.2 Å². The number of piperidine rings is 1. The number of carbonyl (C=O) groups is 6. The smallest absolute Gasteiger partial charge is 0.404 e. The first-order valence-electron chi connectivity index (χ1n) is 20.6. The van der Waals surface area contributed by atoms with Gasteiger partial charge in [-0.15, -0.1) is 0 Å². The fraction of sp³-hybridized carbons (Fsp3) is 0.476. The Labute approximate surface area is 376 Å². The van der Waals surface area contributed by atoms with E-state index in [-0.39, 0.29) is 126 Å². The van der Waals surface area contributed by atoms with Crippen LogP contribution in [0.2, 0.25) is 0 Å². The average Bonchev–Trinajstić information content (AvgIpc) is 3.62. The normalized spacial score (nSPS) is 17.5. The van der Waals surface area contributed by atoms with Gasteiger partial charge in [-0.25, -0.2) is 19.7 Å². The molecule has 3 atom stereocenters. The first kappa shape index (κ1) is 47.5. The van der Waals surface area contributed by atoms with Gasteiger partial charge in [-0.05, 0) is 70.4 Å². The summed E-state index contributed by atoms with van der Waals surface area (Å²) in [4.78, 5) is 89.7. The summed E-state index contributed by atoms with van der Waals surface area (Å²) in [5, 5.41) is 24.0. The highest BCUT2D eigenvalue weighted by Gasteiger charge is 2.64. The lowest BCUT2D eigenvalue weighted by molar-refractivity contribution is -0.138. The first-order chi connectivity index (χ1) is 30.7. The Kier molecular flexibility index (Phi) is 16.4. The zero-order valence-corrected chi connectivity index (χ0v) is 37.3. The Morgan fingerprint density at radius 3 is 2.17 bits per heavy atom. The van der Waals surface area contributed by atoms with Crippen LogP contribution >= 0.6 is 15.9 Å². The second-order valence-electron chi connectivity index (χ2n) is 15.6. The van der Waals surface area contributed by atoms with Gasteiger partial charge in [0, 0.05) is 49.4 Å². The standard InChI is InChI=1S/C42H51BrN10O11/c1-25-4-7-33(43)49-39(25)50-40(58)31-17-42(3)18-32(42)53(31)37(57)22-52-30-6-5-27(16-29(30)38(51-52)26(2)54)28-19-46-34(47-20-28)21-48-36(56)24-64-15-12-61-10-8-44-35(55)23-63-14-13-62-11-9-45-41(59)60/h4-7,16,19-20,31-32,45H,8-15,17-18,21-24H2,1-3H3,(H,44,55)(H,48,56)(H,59,60)(H,49,50,58)/t31-,32+,42-/m0/s1. The second-order valence-corrected chi connectivity index (χ2v) is 16.4. The van der Waals surface area contributed by atoms with Crippen LogP contribution in [0.4, 0.5) is 10.6 Å². The van der Waals surface area contributed by atoms with Gasteiger partial charge in [0.1, 0.15) is 47.7 Å². The van der Waals surface area contributed by atoms with Gasteiger partial charge in [-0.3, -0.25) is 28.7 Å². The number of amides is 5. The van der Waals surface area contributed by atoms with Crippen molar-refractivity contribution in [3.8, 4) is 11.1 Å². The molecule has 1 aliphatic heterocycles. The number of hydrogen-bond acceptors (Lipinski definition) is 14. The van der Waals surface area contributed by atoms with Crippen LogP contribution in [-0.4, -0.2) is 148 Å². The number of aryl methyl sites for hydroxylation is 1. The average molecular weight is 952 g/mol. The third-order valence-corrected chi connectivity index (χ3v) is 11.1. The van der Waals surface area contributed by atoms with Crippen molar-refractivity contribution in [2.45, 2.75) is 58.8 Å². The van der Waals surface area contributed by atoms with Crippen LogP contribution in [0.1, 0.15) is 48.6 Å². The topological polar surface area (TPSA) is 267 Å². The molecule has 2 fully saturated rings. The second kappa shape index (κ2) is 22.1. The fourth-order valence-corrected chi connectivity index (χ4v) is 7.59. The first-order valence-corrected chi connectivity index (χ1v) is 21.4. The molecule has 5 N–H and O–H groups in total. The number of fused-ring (bicyclic) bond motifs is 2. The number of halogens is 1. The van der Waals surface area contributed by atoms with Crippen LogP contribution < -0.4 is 21.3 Å². The van der Waals surface area contributed by atoms with E-state index in [2.05, 4.69) is 64.2 Å². The minimum absolute atomic E-state index is 0.0636. The van der Waals surface area contributed by atoms with Gasteiger partial charge in [0.25, 0.3) is 0 Å². The van der Waals surface area contributed by atoms with E-state index < -0.39 is 12.1 Å². The van der Waals surface area contributed by atoms with E-state index in [4.69, 9.17) is 24.1 Å². The summed E-state index contributed by atoms with van der Waals surface area (Å²) in [5.41, 5.74) is 2.82. The van der Waals surface area contributed by atoms with Crippen LogP contribution in [-0.2, 0) is 51.2 Å². The molecule has 0 radical (unpaired) electrons. The molecule has 4 aromatic rings. The monoisotopic (exact) mass is 950 g/mol. The summed E-state index contributed by atoms with van der Waals surface area (Å²) in [6, 6.07) is 8.32. The Morgan fingerprint density at radius 1 is 0.844 bits per heavy atom. The Hall–Kier alpha value is -5.94. The van der Waals surface area contributed by atoms with Gasteiger partial charge in [-0.1, -0.05) is 19.1 Å². The van der Waals surface area contributed by atoms with E-state index in [1.807, 2.05) is 19.1 Å². The van der Waals surface area contributed by atoms with Gasteiger partial charge < -0.3 is 50.2 Å². The summed E-state index contributed by atoms with van der Waals surface area (Å²) in [5.74, 6) is -0.733. The molecule has 1 saturated heterocycles. The molecule has 0 spiro atoms. The maximum atomic E-state index is 14.0. The maximum Gasteiger partial charge on any atom is 0.404 e. The van der Waals surface area contributed by atoms with Crippen molar-refractivity contribution in [1.29, 1.82) is 0 Å². The van der Waals surface area contributed by atoms with Crippen LogP contribution in [0.3, 0.4) is 0 Å². The molecule has 342 valence electrons. The van der Waals surface area contributed by atoms with E-state index in [1.54, 1.807) is 35.5 Å². The minimum Gasteiger partial charge on any atom is -0.465 e. The molecule has 6 rings (SSSR count). The molecule has 22 heteroatoms. The Balaban J connectivity index is 0.918. The van der Waals surface area contributed by atoms with Crippen molar-refractivity contribution in [3.63, 3.8) is 0 Å². The molecule has 4 heterocycles. The molecule has 1 saturated carbocycles. The molecule has 64 heavy (non-hydrogen) atoms. The highest BCUT2D eigenvalue weighted by Crippen LogP contribution is 2.59. The number of rotatable bonds is 24. The van der Waals surface area contributed by atoms with E-state index >= 15 is 0 Å². The van der Waals surface area contributed by atoms with E-state index in [9.17, 15) is 28.8 Å². The van der Waals surface area contributed by atoms with Crippen molar-refractivity contribution in [2.24, 2.45) is 5.41 Å². The molecule has 5 amide bonds. The highest BCUT2D eigenvalue weighted by atomic mass is 79.9. The summed E-state index contributed by atoms with van der Waals surface area (Å²) in [6.07, 6.45) is 3.44. The molecule has 21 nitrogen and oxygen atoms in total. The number of benzene rings is 1. The van der Waals surface area contributed by atoms with Crippen LogP contribution in [0.25, 0.3) is 22.0 Å². The van der Waals surface area contributed by atoms with Gasteiger partial charge in [0.15, 0.2) is 5.78 Å². The fourth-order valence-electron chi connectivity index (χ4n) is 7.28. The van der Waals surface area contributed by atoms with Crippen LogP contribution in [0, 0.1) is 12.3 Å². The van der Waals surface area contributed by atoms with Crippen molar-refractivity contribution in [1.82, 2.24) is 45.6 Å². The molecule has 1 aromatic carbocycles. The lowest BCUT2D eigenvalue weighted by Crippen LogP contribution is -2.47. The molecule has 1 aliphatic carbocycles. The number of nitrogens with one attached hydrogen (secondary N) is 4. The number of Topliss-reactive ketones (excluding diaryl/α,β-unsaturated/α-hetero) is 1. The van der Waals surface area contributed by atoms with Gasteiger partial charge in [-0.2, -0.15) is 5.10 Å². The molecule has 0 bridgehead atoms. The third kappa shape index (κ3) is 12.8. The SMILES string of the molecule is CC(=O)c1nn(CC(=O)N2[C@H](C(=O)Nc3nc(Br)ccc3C)C[C@@]3(C)C[C@@H]23)c2ccc(-c3cnc(CNC(=O)COCCOCCNC(=O)COCCOCCNC(=O)O)nc3)cc12. The van der Waals surface area contributed by atoms with Gasteiger partial charge in [0.05, 0.1) is 51.7 Å². The van der Waals surface area contributed by atoms with Crippen LogP contribution in [0.5, 0.6) is 0 Å². The zero-order chi connectivity index (χ0) is 45.8. The predicted octanol–water partition coefficient (Wildman–Crippen LogP) is 2.25. The quantitative estimate of drug-likeness (QED) is 0.0383. The van der Waals surface area contributed by atoms with Crippen molar-refractivity contribution in [2.75, 3.05) is 71.3 Å². The third-order valence-electron chi connectivity index (χ3n) is 10.7. The minimum atomic E-state index is -1.13. The van der Waals surface area contributed by atoms with Gasteiger partial charge in [0.2, 0.25) is 23.6 Å². The molecule has 2 aliphatic rings. The number of carbonyl (C=O) groups excluding carboxylic acids is 5. The predicted molar refractivity (Wildman–Crippen MR) is 232 cm³/mol. The maximum absolute atomic E-state index is 14.0. The number of hydrogen-bond donors (Lipinski definition) is 5. The number of nitrogens with zero attached hydrogens (tertiary/aromatic N) is 6. The number of aromatic nitrogens is 5. The van der Waals surface area contributed by atoms with Crippen molar-refractivity contribution in [3.05, 3.63) is 64.4 Å². The lowest BCUT2D eigenvalue weighted by Gasteiger charge is -2.27. The number of ketones is 1. The molecular formula is C42H51BrN10O11. The summed E-state index contributed by atoms with van der Waals surface area (Å²) >= 11 is 3.35. The summed E-state index contributed by atoms with van der Waals surface area (Å²) in [7, 11) is 0. The van der Waals surface area contributed by atoms with Crippen LogP contribution in [0.15, 0.2) is 47.3 Å². The summed E-state index contributed by atoms with van der Waals surface area (Å²) < 4.78 is 23.2. The number of pyridine rings is 1. The zero-order valence-electron chi connectivity index (χ0n) is 35.7. The summed E-state index contributed by atoms with van der Waals surface area (Å²) in [6.45, 7) is 6.54. The van der Waals surface area contributed by atoms with E-state index in [0.717, 1.165) is 12.0 Å².